The highest BCUT2D eigenvalue weighted by molar-refractivity contribution is 7.13. The van der Waals surface area contributed by atoms with Gasteiger partial charge >= 0.3 is 5.97 Å². The van der Waals surface area contributed by atoms with Gasteiger partial charge in [-0.2, -0.15) is 0 Å². The lowest BCUT2D eigenvalue weighted by molar-refractivity contribution is -0.141. The molecule has 0 aliphatic rings. The van der Waals surface area contributed by atoms with Crippen LogP contribution in [-0.4, -0.2) is 29.9 Å². The van der Waals surface area contributed by atoms with E-state index in [0.29, 0.717) is 40.6 Å². The molecule has 206 valence electrons. The fourth-order valence-electron chi connectivity index (χ4n) is 4.29. The number of esters is 1. The Hall–Kier alpha value is -4.46. The Morgan fingerprint density at radius 1 is 0.902 bits per heavy atom. The summed E-state index contributed by atoms with van der Waals surface area (Å²) in [5.74, 6) is 0.141. The summed E-state index contributed by atoms with van der Waals surface area (Å²) >= 11 is 7.54. The van der Waals surface area contributed by atoms with E-state index in [-0.39, 0.29) is 5.78 Å². The zero-order valence-electron chi connectivity index (χ0n) is 22.3. The molecule has 0 radical (unpaired) electrons. The molecular formula is C33H27ClN2O4S. The van der Waals surface area contributed by atoms with Gasteiger partial charge < -0.3 is 14.8 Å². The number of methoxy groups -OCH3 is 1. The number of hydrogen-bond acceptors (Lipinski definition) is 7. The number of anilines is 1. The van der Waals surface area contributed by atoms with E-state index >= 15 is 0 Å². The van der Waals surface area contributed by atoms with Crippen LogP contribution in [0, 0.1) is 0 Å². The summed E-state index contributed by atoms with van der Waals surface area (Å²) < 4.78 is 11.0. The number of halogens is 1. The van der Waals surface area contributed by atoms with Crippen LogP contribution < -0.4 is 10.1 Å². The van der Waals surface area contributed by atoms with E-state index in [2.05, 4.69) is 10.3 Å². The largest absolute Gasteiger partial charge is 0.487 e. The van der Waals surface area contributed by atoms with Crippen LogP contribution in [0.3, 0.4) is 0 Å². The average molecular weight is 583 g/mol. The molecule has 0 amide bonds. The van der Waals surface area contributed by atoms with Crippen molar-refractivity contribution in [3.63, 3.8) is 0 Å². The van der Waals surface area contributed by atoms with Crippen molar-refractivity contribution in [3.8, 4) is 16.3 Å². The van der Waals surface area contributed by atoms with Gasteiger partial charge in [-0.05, 0) is 42.0 Å². The Kier molecular flexibility index (Phi) is 9.08. The number of nitrogens with one attached hydrogen (secondary N) is 1. The maximum Gasteiger partial charge on any atom is 0.328 e. The molecule has 1 aromatic heterocycles. The van der Waals surface area contributed by atoms with Crippen molar-refractivity contribution < 1.29 is 19.1 Å². The number of carbonyl (C=O) groups is 2. The number of aromatic nitrogens is 1. The normalized spacial score (nSPS) is 11.5. The van der Waals surface area contributed by atoms with E-state index < -0.39 is 12.0 Å². The number of ketones is 1. The summed E-state index contributed by atoms with van der Waals surface area (Å²) in [5, 5.41) is 6.81. The second-order valence-corrected chi connectivity index (χ2v) is 10.5. The van der Waals surface area contributed by atoms with Crippen LogP contribution in [0.5, 0.6) is 5.75 Å². The molecule has 8 heteroatoms. The number of hydrogen-bond donors (Lipinski definition) is 1. The third kappa shape index (κ3) is 7.20. The molecular weight excluding hydrogens is 556 g/mol. The highest BCUT2D eigenvalue weighted by Crippen LogP contribution is 2.26. The van der Waals surface area contributed by atoms with Crippen LogP contribution in [-0.2, 0) is 22.6 Å². The molecule has 0 spiro atoms. The molecule has 5 rings (SSSR count). The predicted molar refractivity (Wildman–Crippen MR) is 163 cm³/mol. The van der Waals surface area contributed by atoms with Crippen molar-refractivity contribution in [2.24, 2.45) is 0 Å². The Morgan fingerprint density at radius 3 is 2.34 bits per heavy atom. The van der Waals surface area contributed by atoms with Gasteiger partial charge in [-0.25, -0.2) is 9.78 Å². The number of para-hydroxylation sites is 1. The summed E-state index contributed by atoms with van der Waals surface area (Å²) in [6.07, 6.45) is 0.358. The molecule has 1 heterocycles. The van der Waals surface area contributed by atoms with Crippen molar-refractivity contribution in [1.29, 1.82) is 0 Å². The molecule has 1 unspecified atom stereocenters. The van der Waals surface area contributed by atoms with Crippen molar-refractivity contribution in [1.82, 2.24) is 4.98 Å². The van der Waals surface area contributed by atoms with Gasteiger partial charge in [0, 0.05) is 39.2 Å². The van der Waals surface area contributed by atoms with Crippen LogP contribution in [0.4, 0.5) is 5.69 Å². The van der Waals surface area contributed by atoms with Crippen LogP contribution in [0.25, 0.3) is 10.6 Å². The Bertz CT molecular complexity index is 1620. The molecule has 41 heavy (non-hydrogen) atoms. The summed E-state index contributed by atoms with van der Waals surface area (Å²) in [5.41, 5.74) is 4.38. The lowest BCUT2D eigenvalue weighted by Gasteiger charge is -2.20. The fraction of sp³-hybridized carbons (Fsp3) is 0.121. The Labute approximate surface area is 247 Å². The van der Waals surface area contributed by atoms with Gasteiger partial charge in [0.15, 0.2) is 5.78 Å². The third-order valence-electron chi connectivity index (χ3n) is 6.42. The topological polar surface area (TPSA) is 77.5 Å². The summed E-state index contributed by atoms with van der Waals surface area (Å²) in [6, 6.07) is 30.7. The van der Waals surface area contributed by atoms with E-state index in [0.717, 1.165) is 21.8 Å². The predicted octanol–water partition coefficient (Wildman–Crippen LogP) is 7.47. The Balaban J connectivity index is 1.23. The fourth-order valence-corrected chi connectivity index (χ4v) is 5.22. The summed E-state index contributed by atoms with van der Waals surface area (Å²) in [4.78, 5) is 30.5. The van der Waals surface area contributed by atoms with Crippen molar-refractivity contribution in [3.05, 3.63) is 136 Å². The Morgan fingerprint density at radius 2 is 1.61 bits per heavy atom. The molecule has 5 aromatic rings. The second kappa shape index (κ2) is 13.3. The molecule has 0 saturated heterocycles. The minimum Gasteiger partial charge on any atom is -0.487 e. The lowest BCUT2D eigenvalue weighted by Crippen LogP contribution is -2.33. The van der Waals surface area contributed by atoms with Gasteiger partial charge in [0.05, 0.1) is 12.8 Å². The minimum atomic E-state index is -0.696. The first kappa shape index (κ1) is 28.1. The van der Waals surface area contributed by atoms with Gasteiger partial charge in [-0.15, -0.1) is 11.3 Å². The van der Waals surface area contributed by atoms with E-state index in [1.807, 2.05) is 78.2 Å². The SMILES string of the molecule is COC(=O)C(Cc1ccc(OCc2csc(-c3ccc(Cl)cc3)n2)cc1)Nc1ccccc1C(=O)c1ccccc1. The first-order chi connectivity index (χ1) is 20.0. The van der Waals surface area contributed by atoms with E-state index in [9.17, 15) is 9.59 Å². The summed E-state index contributed by atoms with van der Waals surface area (Å²) in [7, 11) is 1.35. The molecule has 0 saturated carbocycles. The highest BCUT2D eigenvalue weighted by atomic mass is 35.5. The maximum absolute atomic E-state index is 13.2. The summed E-state index contributed by atoms with van der Waals surface area (Å²) in [6.45, 7) is 0.335. The zero-order chi connectivity index (χ0) is 28.6. The number of ether oxygens (including phenoxy) is 2. The molecule has 0 bridgehead atoms. The van der Waals surface area contributed by atoms with E-state index in [4.69, 9.17) is 21.1 Å². The number of benzene rings is 4. The smallest absolute Gasteiger partial charge is 0.328 e. The highest BCUT2D eigenvalue weighted by Gasteiger charge is 2.22. The zero-order valence-corrected chi connectivity index (χ0v) is 23.8. The molecule has 0 aliphatic carbocycles. The number of rotatable bonds is 11. The molecule has 6 nitrogen and oxygen atoms in total. The van der Waals surface area contributed by atoms with E-state index in [1.54, 1.807) is 41.7 Å². The quantitative estimate of drug-likeness (QED) is 0.129. The number of nitrogens with zero attached hydrogens (tertiary/aromatic N) is 1. The minimum absolute atomic E-state index is 0.126. The number of thiazole rings is 1. The third-order valence-corrected chi connectivity index (χ3v) is 7.61. The van der Waals surface area contributed by atoms with E-state index in [1.165, 1.54) is 7.11 Å². The van der Waals surface area contributed by atoms with Crippen LogP contribution in [0.2, 0.25) is 5.02 Å². The molecule has 1 atom stereocenters. The van der Waals surface area contributed by atoms with Crippen molar-refractivity contribution in [2.45, 2.75) is 19.1 Å². The van der Waals surface area contributed by atoms with Gasteiger partial charge in [0.2, 0.25) is 0 Å². The van der Waals surface area contributed by atoms with Gasteiger partial charge in [0.25, 0.3) is 0 Å². The second-order valence-electron chi connectivity index (χ2n) is 9.25. The average Bonchev–Trinajstić information content (AvgIpc) is 3.50. The molecule has 4 aromatic carbocycles. The van der Waals surface area contributed by atoms with Crippen LogP contribution in [0.1, 0.15) is 27.2 Å². The molecule has 1 N–H and O–H groups in total. The first-order valence-electron chi connectivity index (χ1n) is 13.0. The van der Waals surface area contributed by atoms with Crippen molar-refractivity contribution in [2.75, 3.05) is 12.4 Å². The van der Waals surface area contributed by atoms with Crippen LogP contribution >= 0.6 is 22.9 Å². The molecule has 0 aliphatic heterocycles. The van der Waals surface area contributed by atoms with Crippen LogP contribution in [0.15, 0.2) is 109 Å². The van der Waals surface area contributed by atoms with Gasteiger partial charge in [-0.3, -0.25) is 4.79 Å². The lowest BCUT2D eigenvalue weighted by atomic mass is 10.00. The van der Waals surface area contributed by atoms with Gasteiger partial charge in [-0.1, -0.05) is 78.3 Å². The van der Waals surface area contributed by atoms with Crippen molar-refractivity contribution >= 4 is 40.4 Å². The van der Waals surface area contributed by atoms with Gasteiger partial charge in [0.1, 0.15) is 23.4 Å². The maximum atomic E-state index is 13.2. The molecule has 0 fully saturated rings. The standard InChI is InChI=1S/C33H27ClN2O4S/c1-39-33(38)30(36-29-10-6-5-9-28(29)31(37)23-7-3-2-4-8-23)19-22-11-17-27(18-12-22)40-20-26-21-41-32(35-26)24-13-15-25(34)16-14-24/h2-18,21,30,36H,19-20H2,1H3. The monoisotopic (exact) mass is 582 g/mol. The first-order valence-corrected chi connectivity index (χ1v) is 14.2. The number of carbonyl (C=O) groups excluding carboxylic acids is 2.